The number of nitrogens with one attached hydrogen (secondary N) is 1. The van der Waals surface area contributed by atoms with Crippen LogP contribution in [0.25, 0.3) is 5.69 Å². The van der Waals surface area contributed by atoms with Crippen LogP contribution < -0.4 is 5.32 Å². The zero-order valence-corrected chi connectivity index (χ0v) is 14.0. The first kappa shape index (κ1) is 15.4. The van der Waals surface area contributed by atoms with Crippen molar-refractivity contribution < 1.29 is 4.79 Å². The topological polar surface area (TPSA) is 72.7 Å². The molecule has 1 amide bonds. The van der Waals surface area contributed by atoms with Crippen molar-refractivity contribution in [2.45, 2.75) is 13.5 Å². The van der Waals surface area contributed by atoms with Crippen molar-refractivity contribution >= 4 is 21.8 Å². The van der Waals surface area contributed by atoms with Gasteiger partial charge < -0.3 is 5.32 Å². The van der Waals surface area contributed by atoms with Gasteiger partial charge in [-0.25, -0.2) is 0 Å². The van der Waals surface area contributed by atoms with E-state index < -0.39 is 0 Å². The minimum absolute atomic E-state index is 0.154. The first-order chi connectivity index (χ1) is 11.1. The number of rotatable bonds is 4. The average Bonchev–Trinajstić information content (AvgIpc) is 3.02. The highest BCUT2D eigenvalue weighted by atomic mass is 79.9. The molecule has 7 heteroatoms. The van der Waals surface area contributed by atoms with Crippen LogP contribution in [0.5, 0.6) is 0 Å². The average molecular weight is 372 g/mol. The fourth-order valence-corrected chi connectivity index (χ4v) is 2.41. The van der Waals surface area contributed by atoms with Gasteiger partial charge in [0.25, 0.3) is 5.91 Å². The van der Waals surface area contributed by atoms with E-state index in [2.05, 4.69) is 36.8 Å². The lowest BCUT2D eigenvalue weighted by molar-refractivity contribution is 0.0949. The largest absolute Gasteiger partial charge is 0.345 e. The summed E-state index contributed by atoms with van der Waals surface area (Å²) in [6.07, 6.45) is 0. The molecule has 0 saturated heterocycles. The van der Waals surface area contributed by atoms with Gasteiger partial charge in [-0.1, -0.05) is 33.6 Å². The van der Waals surface area contributed by atoms with Crippen molar-refractivity contribution in [3.63, 3.8) is 0 Å². The molecule has 2 aromatic carbocycles. The molecule has 0 aliphatic carbocycles. The van der Waals surface area contributed by atoms with E-state index in [0.29, 0.717) is 11.4 Å². The van der Waals surface area contributed by atoms with Gasteiger partial charge in [-0.15, -0.1) is 5.10 Å². The second-order valence-corrected chi connectivity index (χ2v) is 5.95. The second kappa shape index (κ2) is 6.70. The Morgan fingerprint density at radius 1 is 1.22 bits per heavy atom. The van der Waals surface area contributed by atoms with Crippen LogP contribution >= 0.6 is 15.9 Å². The molecule has 0 radical (unpaired) electrons. The number of aryl methyl sites for hydroxylation is 1. The predicted molar refractivity (Wildman–Crippen MR) is 89.2 cm³/mol. The van der Waals surface area contributed by atoms with Gasteiger partial charge in [0.05, 0.1) is 12.2 Å². The molecule has 0 fully saturated rings. The van der Waals surface area contributed by atoms with E-state index in [-0.39, 0.29) is 12.5 Å². The van der Waals surface area contributed by atoms with E-state index >= 15 is 0 Å². The lowest BCUT2D eigenvalue weighted by Gasteiger charge is -2.07. The smallest absolute Gasteiger partial charge is 0.251 e. The number of carbonyl (C=O) groups is 1. The Morgan fingerprint density at radius 3 is 2.74 bits per heavy atom. The molecular formula is C16H14BrN5O. The highest BCUT2D eigenvalue weighted by Gasteiger charge is 2.11. The third-order valence-electron chi connectivity index (χ3n) is 3.29. The molecule has 3 rings (SSSR count). The van der Waals surface area contributed by atoms with Crippen LogP contribution in [-0.2, 0) is 6.54 Å². The Morgan fingerprint density at radius 2 is 2.00 bits per heavy atom. The first-order valence-electron chi connectivity index (χ1n) is 7.01. The number of nitrogens with zero attached hydrogens (tertiary/aromatic N) is 4. The van der Waals surface area contributed by atoms with E-state index in [4.69, 9.17) is 0 Å². The third kappa shape index (κ3) is 3.62. The minimum atomic E-state index is -0.154. The second-order valence-electron chi connectivity index (χ2n) is 5.04. The number of carbonyl (C=O) groups excluding carboxylic acids is 1. The van der Waals surface area contributed by atoms with Crippen LogP contribution in [0.15, 0.2) is 53.0 Å². The number of hydrogen-bond acceptors (Lipinski definition) is 4. The van der Waals surface area contributed by atoms with Gasteiger partial charge in [0.15, 0.2) is 5.82 Å². The van der Waals surface area contributed by atoms with Gasteiger partial charge in [-0.2, -0.15) is 4.68 Å². The maximum atomic E-state index is 12.2. The maximum Gasteiger partial charge on any atom is 0.251 e. The number of halogens is 1. The molecule has 116 valence electrons. The van der Waals surface area contributed by atoms with Crippen molar-refractivity contribution in [3.05, 3.63) is 70.0 Å². The summed E-state index contributed by atoms with van der Waals surface area (Å²) in [5, 5.41) is 14.5. The normalized spacial score (nSPS) is 10.5. The highest BCUT2D eigenvalue weighted by Crippen LogP contribution is 2.14. The molecule has 0 aliphatic heterocycles. The fraction of sp³-hybridized carbons (Fsp3) is 0.125. The first-order valence-corrected chi connectivity index (χ1v) is 7.81. The van der Waals surface area contributed by atoms with Crippen molar-refractivity contribution in [1.82, 2.24) is 25.5 Å². The predicted octanol–water partition coefficient (Wildman–Crippen LogP) is 2.66. The molecular weight excluding hydrogens is 358 g/mol. The van der Waals surface area contributed by atoms with E-state index in [1.54, 1.807) is 10.7 Å². The molecule has 1 N–H and O–H groups in total. The molecule has 0 spiro atoms. The summed E-state index contributed by atoms with van der Waals surface area (Å²) in [5.74, 6) is 0.410. The van der Waals surface area contributed by atoms with Crippen LogP contribution in [0.3, 0.4) is 0 Å². The minimum Gasteiger partial charge on any atom is -0.345 e. The molecule has 1 aromatic heterocycles. The van der Waals surface area contributed by atoms with Gasteiger partial charge in [-0.05, 0) is 53.7 Å². The van der Waals surface area contributed by atoms with Crippen molar-refractivity contribution in [3.8, 4) is 5.69 Å². The lowest BCUT2D eigenvalue weighted by Crippen LogP contribution is -2.24. The summed E-state index contributed by atoms with van der Waals surface area (Å²) >= 11 is 3.39. The van der Waals surface area contributed by atoms with E-state index in [0.717, 1.165) is 15.7 Å². The summed E-state index contributed by atoms with van der Waals surface area (Å²) in [7, 11) is 0. The summed E-state index contributed by atoms with van der Waals surface area (Å²) in [4.78, 5) is 12.2. The van der Waals surface area contributed by atoms with E-state index in [1.807, 2.05) is 49.4 Å². The van der Waals surface area contributed by atoms with E-state index in [9.17, 15) is 4.79 Å². The van der Waals surface area contributed by atoms with Crippen LogP contribution in [-0.4, -0.2) is 26.1 Å². The van der Waals surface area contributed by atoms with Crippen LogP contribution in [0.4, 0.5) is 0 Å². The van der Waals surface area contributed by atoms with Crippen molar-refractivity contribution in [2.75, 3.05) is 0 Å². The summed E-state index contributed by atoms with van der Waals surface area (Å²) < 4.78 is 2.58. The van der Waals surface area contributed by atoms with Gasteiger partial charge in [0, 0.05) is 10.0 Å². The van der Waals surface area contributed by atoms with Crippen LogP contribution in [0.1, 0.15) is 21.7 Å². The number of aromatic nitrogens is 4. The van der Waals surface area contributed by atoms with E-state index in [1.165, 1.54) is 0 Å². The van der Waals surface area contributed by atoms with Crippen LogP contribution in [0.2, 0.25) is 0 Å². The molecule has 0 saturated carbocycles. The molecule has 0 unspecified atom stereocenters. The summed E-state index contributed by atoms with van der Waals surface area (Å²) in [6.45, 7) is 2.20. The molecule has 1 heterocycles. The standard InChI is InChI=1S/C16H14BrN5O/c1-11-3-2-4-12(9-11)16(23)18-10-15-19-20-21-22(15)14-7-5-13(17)6-8-14/h2-9H,10H2,1H3,(H,18,23). The quantitative estimate of drug-likeness (QED) is 0.764. The number of benzene rings is 2. The van der Waals surface area contributed by atoms with Gasteiger partial charge in [-0.3, -0.25) is 4.79 Å². The van der Waals surface area contributed by atoms with Crippen molar-refractivity contribution in [1.29, 1.82) is 0 Å². The third-order valence-corrected chi connectivity index (χ3v) is 3.82. The Kier molecular flexibility index (Phi) is 4.47. The Bertz CT molecular complexity index is 828. The maximum absolute atomic E-state index is 12.2. The molecule has 23 heavy (non-hydrogen) atoms. The van der Waals surface area contributed by atoms with Crippen LogP contribution in [0, 0.1) is 6.92 Å². The number of tetrazole rings is 1. The van der Waals surface area contributed by atoms with Crippen molar-refractivity contribution in [2.24, 2.45) is 0 Å². The Labute approximate surface area is 141 Å². The van der Waals surface area contributed by atoms with Gasteiger partial charge in [0.2, 0.25) is 0 Å². The zero-order valence-electron chi connectivity index (χ0n) is 12.4. The van der Waals surface area contributed by atoms with Gasteiger partial charge >= 0.3 is 0 Å². The SMILES string of the molecule is Cc1cccc(C(=O)NCc2nnnn2-c2ccc(Br)cc2)c1. The summed E-state index contributed by atoms with van der Waals surface area (Å²) in [5.41, 5.74) is 2.49. The highest BCUT2D eigenvalue weighted by molar-refractivity contribution is 9.10. The lowest BCUT2D eigenvalue weighted by atomic mass is 10.1. The number of amides is 1. The Balaban J connectivity index is 1.73. The molecule has 3 aromatic rings. The number of hydrogen-bond donors (Lipinski definition) is 1. The Hall–Kier alpha value is -2.54. The fourth-order valence-electron chi connectivity index (χ4n) is 2.15. The summed E-state index contributed by atoms with van der Waals surface area (Å²) in [6, 6.07) is 15.0. The molecule has 6 nitrogen and oxygen atoms in total. The molecule has 0 atom stereocenters. The monoisotopic (exact) mass is 371 g/mol. The molecule has 0 aliphatic rings. The molecule has 0 bridgehead atoms. The van der Waals surface area contributed by atoms with Gasteiger partial charge in [0.1, 0.15) is 0 Å². The zero-order chi connectivity index (χ0) is 16.2.